The largest absolute Gasteiger partial charge is 0.445 e. The molecule has 0 atom stereocenters. The van der Waals surface area contributed by atoms with Gasteiger partial charge in [0.05, 0.1) is 0 Å². The first-order chi connectivity index (χ1) is 10.3. The van der Waals surface area contributed by atoms with E-state index in [1.807, 2.05) is 42.1 Å². The minimum atomic E-state index is -0.315. The smallest absolute Gasteiger partial charge is 0.407 e. The van der Waals surface area contributed by atoms with Crippen LogP contribution in [0.25, 0.3) is 0 Å². The Balaban J connectivity index is 1.52. The number of carbonyl (C=O) groups is 1. The lowest BCUT2D eigenvalue weighted by Gasteiger charge is -2.36. The molecule has 0 radical (unpaired) electrons. The van der Waals surface area contributed by atoms with E-state index in [-0.39, 0.29) is 12.1 Å². The Hall–Kier alpha value is -1.20. The first-order valence-electron chi connectivity index (χ1n) is 7.47. The van der Waals surface area contributed by atoms with Crippen molar-refractivity contribution in [1.82, 2.24) is 10.6 Å². The zero-order valence-electron chi connectivity index (χ0n) is 12.5. The van der Waals surface area contributed by atoms with Crippen LogP contribution in [0.5, 0.6) is 0 Å². The van der Waals surface area contributed by atoms with Crippen LogP contribution in [0.15, 0.2) is 30.3 Å². The number of rotatable bonds is 8. The number of hydrogen-bond acceptors (Lipinski definition) is 4. The Bertz CT molecular complexity index is 422. The Morgan fingerprint density at radius 3 is 2.76 bits per heavy atom. The predicted molar refractivity (Wildman–Crippen MR) is 87.6 cm³/mol. The number of hydrogen-bond donors (Lipinski definition) is 2. The van der Waals surface area contributed by atoms with Gasteiger partial charge in [-0.2, -0.15) is 11.8 Å². The van der Waals surface area contributed by atoms with Gasteiger partial charge in [0.1, 0.15) is 6.61 Å². The molecule has 1 saturated carbocycles. The minimum absolute atomic E-state index is 0.256. The van der Waals surface area contributed by atoms with Gasteiger partial charge < -0.3 is 15.4 Å². The van der Waals surface area contributed by atoms with E-state index in [1.165, 1.54) is 12.2 Å². The summed E-state index contributed by atoms with van der Waals surface area (Å²) in [5, 5.41) is 6.42. The number of alkyl carbamates (subject to hydrolysis) is 1. The monoisotopic (exact) mass is 308 g/mol. The molecule has 4 nitrogen and oxygen atoms in total. The molecule has 1 aromatic carbocycles. The van der Waals surface area contributed by atoms with Gasteiger partial charge >= 0.3 is 6.09 Å². The van der Waals surface area contributed by atoms with Gasteiger partial charge in [-0.1, -0.05) is 30.3 Å². The number of carbonyl (C=O) groups excluding carboxylic acids is 1. The molecule has 0 aromatic heterocycles. The molecule has 5 heteroatoms. The standard InChI is InChI=1S/C16H24N2O2S/c1-21-9-5-8-17-14-10-15(11-14)18-16(19)20-12-13-6-3-2-4-7-13/h2-4,6-7,14-15,17H,5,8-12H2,1H3,(H,18,19). The molecule has 21 heavy (non-hydrogen) atoms. The summed E-state index contributed by atoms with van der Waals surface area (Å²) < 4.78 is 5.21. The highest BCUT2D eigenvalue weighted by molar-refractivity contribution is 7.98. The highest BCUT2D eigenvalue weighted by Crippen LogP contribution is 2.20. The van der Waals surface area contributed by atoms with Gasteiger partial charge in [-0.05, 0) is 43.4 Å². The Morgan fingerprint density at radius 1 is 1.29 bits per heavy atom. The van der Waals surface area contributed by atoms with Crippen LogP contribution < -0.4 is 10.6 Å². The van der Waals surface area contributed by atoms with E-state index in [2.05, 4.69) is 16.9 Å². The summed E-state index contributed by atoms with van der Waals surface area (Å²) in [4.78, 5) is 11.7. The van der Waals surface area contributed by atoms with Gasteiger partial charge in [0.25, 0.3) is 0 Å². The fraction of sp³-hybridized carbons (Fsp3) is 0.562. The number of nitrogens with one attached hydrogen (secondary N) is 2. The van der Waals surface area contributed by atoms with Crippen LogP contribution in [0, 0.1) is 0 Å². The summed E-state index contributed by atoms with van der Waals surface area (Å²) in [5.41, 5.74) is 1.01. The van der Waals surface area contributed by atoms with Crippen LogP contribution in [-0.4, -0.2) is 36.7 Å². The van der Waals surface area contributed by atoms with Crippen molar-refractivity contribution in [2.45, 2.75) is 38.0 Å². The van der Waals surface area contributed by atoms with Gasteiger partial charge in [0.15, 0.2) is 0 Å². The van der Waals surface area contributed by atoms with Crippen molar-refractivity contribution in [1.29, 1.82) is 0 Å². The zero-order chi connectivity index (χ0) is 14.9. The van der Waals surface area contributed by atoms with Gasteiger partial charge in [0.2, 0.25) is 0 Å². The summed E-state index contributed by atoms with van der Waals surface area (Å²) in [5.74, 6) is 1.20. The molecule has 1 aliphatic rings. The maximum absolute atomic E-state index is 11.7. The van der Waals surface area contributed by atoms with Gasteiger partial charge in [0, 0.05) is 12.1 Å². The molecule has 0 aliphatic heterocycles. The van der Waals surface area contributed by atoms with E-state index < -0.39 is 0 Å². The molecule has 0 saturated heterocycles. The second-order valence-electron chi connectivity index (χ2n) is 5.37. The number of benzene rings is 1. The molecule has 1 amide bonds. The Kier molecular flexibility index (Phi) is 6.89. The summed E-state index contributed by atoms with van der Waals surface area (Å²) in [7, 11) is 0. The zero-order valence-corrected chi connectivity index (χ0v) is 13.3. The predicted octanol–water partition coefficient (Wildman–Crippen LogP) is 2.79. The molecule has 1 aromatic rings. The average Bonchev–Trinajstić information content (AvgIpc) is 2.47. The maximum Gasteiger partial charge on any atom is 0.407 e. The molecule has 1 aliphatic carbocycles. The third kappa shape index (κ3) is 5.98. The quantitative estimate of drug-likeness (QED) is 0.725. The van der Waals surface area contributed by atoms with E-state index in [9.17, 15) is 4.79 Å². The summed E-state index contributed by atoms with van der Waals surface area (Å²) in [6, 6.07) is 10.5. The van der Waals surface area contributed by atoms with Crippen molar-refractivity contribution in [3.63, 3.8) is 0 Å². The van der Waals surface area contributed by atoms with E-state index in [1.54, 1.807) is 0 Å². The van der Waals surface area contributed by atoms with Gasteiger partial charge in [-0.15, -0.1) is 0 Å². The third-order valence-corrected chi connectivity index (χ3v) is 4.33. The van der Waals surface area contributed by atoms with E-state index in [0.29, 0.717) is 12.6 Å². The van der Waals surface area contributed by atoms with Crippen LogP contribution >= 0.6 is 11.8 Å². The van der Waals surface area contributed by atoms with Crippen LogP contribution in [0.2, 0.25) is 0 Å². The highest BCUT2D eigenvalue weighted by atomic mass is 32.2. The molecule has 0 heterocycles. The van der Waals surface area contributed by atoms with E-state index >= 15 is 0 Å². The van der Waals surface area contributed by atoms with Crippen molar-refractivity contribution in [3.05, 3.63) is 35.9 Å². The minimum Gasteiger partial charge on any atom is -0.445 e. The number of thioether (sulfide) groups is 1. The topological polar surface area (TPSA) is 50.4 Å². The van der Waals surface area contributed by atoms with Gasteiger partial charge in [-0.3, -0.25) is 0 Å². The molecule has 2 N–H and O–H groups in total. The van der Waals surface area contributed by atoms with Crippen LogP contribution in [-0.2, 0) is 11.3 Å². The summed E-state index contributed by atoms with van der Waals surface area (Å²) >= 11 is 1.88. The maximum atomic E-state index is 11.7. The highest BCUT2D eigenvalue weighted by Gasteiger charge is 2.29. The van der Waals surface area contributed by atoms with Crippen LogP contribution in [0.1, 0.15) is 24.8 Å². The second-order valence-corrected chi connectivity index (χ2v) is 6.36. The fourth-order valence-corrected chi connectivity index (χ4v) is 2.79. The van der Waals surface area contributed by atoms with Crippen molar-refractivity contribution in [3.8, 4) is 0 Å². The average molecular weight is 308 g/mol. The third-order valence-electron chi connectivity index (χ3n) is 3.63. The SMILES string of the molecule is CSCCCNC1CC(NC(=O)OCc2ccccc2)C1. The number of ether oxygens (including phenoxy) is 1. The molecule has 1 fully saturated rings. The fourth-order valence-electron chi connectivity index (χ4n) is 2.36. The molecule has 0 unspecified atom stereocenters. The second kappa shape index (κ2) is 8.95. The van der Waals surface area contributed by atoms with Crippen molar-refractivity contribution in [2.24, 2.45) is 0 Å². The molecular formula is C16H24N2O2S. The molecule has 2 rings (SSSR count). The summed E-state index contributed by atoms with van der Waals surface area (Å²) in [6.07, 6.45) is 5.02. The molecule has 116 valence electrons. The Labute approximate surface area is 131 Å². The van der Waals surface area contributed by atoms with Crippen molar-refractivity contribution in [2.75, 3.05) is 18.6 Å². The van der Waals surface area contributed by atoms with E-state index in [0.717, 1.165) is 24.9 Å². The number of amides is 1. The lowest BCUT2D eigenvalue weighted by atomic mass is 9.87. The van der Waals surface area contributed by atoms with Gasteiger partial charge in [-0.25, -0.2) is 4.79 Å². The van der Waals surface area contributed by atoms with E-state index in [4.69, 9.17) is 4.74 Å². The van der Waals surface area contributed by atoms with Crippen molar-refractivity contribution < 1.29 is 9.53 Å². The van der Waals surface area contributed by atoms with Crippen molar-refractivity contribution >= 4 is 17.9 Å². The molecule has 0 spiro atoms. The summed E-state index contributed by atoms with van der Waals surface area (Å²) in [6.45, 7) is 1.40. The lowest BCUT2D eigenvalue weighted by molar-refractivity contribution is 0.125. The first kappa shape index (κ1) is 16.2. The molecular weight excluding hydrogens is 284 g/mol. The van der Waals surface area contributed by atoms with Crippen LogP contribution in [0.4, 0.5) is 4.79 Å². The Morgan fingerprint density at radius 2 is 2.05 bits per heavy atom. The molecule has 0 bridgehead atoms. The lowest BCUT2D eigenvalue weighted by Crippen LogP contribution is -2.52. The van der Waals surface area contributed by atoms with Crippen LogP contribution in [0.3, 0.4) is 0 Å². The normalized spacial score (nSPS) is 20.6. The first-order valence-corrected chi connectivity index (χ1v) is 8.87.